The summed E-state index contributed by atoms with van der Waals surface area (Å²) < 4.78 is 31.7. The van der Waals surface area contributed by atoms with Crippen molar-refractivity contribution in [2.75, 3.05) is 12.4 Å². The number of rotatable bonds is 10. The average Bonchev–Trinajstić information content (AvgIpc) is 2.70. The van der Waals surface area contributed by atoms with Gasteiger partial charge in [-0.25, -0.2) is 9.59 Å². The summed E-state index contributed by atoms with van der Waals surface area (Å²) in [6, 6.07) is 7.18. The number of amides is 2. The molecule has 14 heteroatoms. The van der Waals surface area contributed by atoms with Gasteiger partial charge in [-0.1, -0.05) is 30.3 Å². The van der Waals surface area contributed by atoms with E-state index in [2.05, 4.69) is 28.6 Å². The van der Waals surface area contributed by atoms with Crippen molar-refractivity contribution in [1.82, 2.24) is 16.0 Å². The van der Waals surface area contributed by atoms with E-state index in [1.807, 2.05) is 6.07 Å². The molecule has 0 fully saturated rings. The first-order chi connectivity index (χ1) is 14.8. The number of carbonyl (C=O) groups excluding carboxylic acids is 2. The molecule has 2 amide bonds. The second-order valence-corrected chi connectivity index (χ2v) is 6.60. The Kier molecular flexibility index (Phi) is 13.0. The summed E-state index contributed by atoms with van der Waals surface area (Å²) >= 11 is 4.08. The highest BCUT2D eigenvalue weighted by Gasteiger charge is 2.38. The Morgan fingerprint density at radius 2 is 1.62 bits per heavy atom. The number of aliphatic hydroxyl groups is 1. The summed E-state index contributed by atoms with van der Waals surface area (Å²) in [5.41, 5.74) is 0.779. The molecule has 1 aromatic carbocycles. The highest BCUT2D eigenvalue weighted by molar-refractivity contribution is 7.80. The second-order valence-electron chi connectivity index (χ2n) is 6.24. The minimum atomic E-state index is -5.08. The highest BCUT2D eigenvalue weighted by Crippen LogP contribution is 2.13. The molecule has 0 aliphatic rings. The molecule has 0 aliphatic heterocycles. The normalized spacial score (nSPS) is 13.6. The summed E-state index contributed by atoms with van der Waals surface area (Å²) in [4.78, 5) is 43.2. The largest absolute Gasteiger partial charge is 0.490 e. The summed E-state index contributed by atoms with van der Waals surface area (Å²) in [7, 11) is 0. The van der Waals surface area contributed by atoms with Gasteiger partial charge in [0.2, 0.25) is 11.8 Å². The third kappa shape index (κ3) is 12.1. The minimum Gasteiger partial charge on any atom is -0.479 e. The van der Waals surface area contributed by atoms with Crippen LogP contribution in [0.2, 0.25) is 0 Å². The number of alkyl halides is 3. The van der Waals surface area contributed by atoms with Crippen molar-refractivity contribution >= 4 is 36.4 Å². The molecule has 0 aromatic heterocycles. The molecule has 3 atom stereocenters. The van der Waals surface area contributed by atoms with Crippen LogP contribution in [-0.4, -0.2) is 75.9 Å². The molecular formula is C18H24F3N3O7S. The lowest BCUT2D eigenvalue weighted by molar-refractivity contribution is -0.192. The van der Waals surface area contributed by atoms with Crippen molar-refractivity contribution in [3.05, 3.63) is 35.9 Å². The van der Waals surface area contributed by atoms with E-state index in [0.29, 0.717) is 0 Å². The fourth-order valence-corrected chi connectivity index (χ4v) is 2.40. The van der Waals surface area contributed by atoms with Crippen molar-refractivity contribution in [3.63, 3.8) is 0 Å². The van der Waals surface area contributed by atoms with Gasteiger partial charge in [-0.15, -0.1) is 0 Å². The lowest BCUT2D eigenvalue weighted by Gasteiger charge is -2.24. The Morgan fingerprint density at radius 3 is 2.03 bits per heavy atom. The molecule has 0 bridgehead atoms. The number of thiol groups is 1. The Morgan fingerprint density at radius 1 is 1.09 bits per heavy atom. The van der Waals surface area contributed by atoms with Crippen molar-refractivity contribution in [2.45, 2.75) is 37.7 Å². The van der Waals surface area contributed by atoms with E-state index in [9.17, 15) is 32.7 Å². The van der Waals surface area contributed by atoms with E-state index >= 15 is 0 Å². The number of hydrogen-bond donors (Lipinski definition) is 7. The van der Waals surface area contributed by atoms with E-state index < -0.39 is 42.2 Å². The van der Waals surface area contributed by atoms with Crippen LogP contribution in [0.4, 0.5) is 13.2 Å². The van der Waals surface area contributed by atoms with Crippen LogP contribution in [0.3, 0.4) is 0 Å². The number of carboxylic acid groups (broad SMARTS) is 2. The molecule has 32 heavy (non-hydrogen) atoms. The fourth-order valence-electron chi connectivity index (χ4n) is 2.10. The Labute approximate surface area is 186 Å². The lowest BCUT2D eigenvalue weighted by atomic mass is 10.0. The van der Waals surface area contributed by atoms with Crippen LogP contribution >= 0.6 is 12.6 Å². The maximum atomic E-state index is 12.3. The number of aliphatic hydroxyl groups excluding tert-OH is 1. The van der Waals surface area contributed by atoms with E-state index in [1.54, 1.807) is 24.3 Å². The van der Waals surface area contributed by atoms with Crippen molar-refractivity contribution in [3.8, 4) is 0 Å². The monoisotopic (exact) mass is 483 g/mol. The predicted octanol–water partition coefficient (Wildman–Crippen LogP) is -0.226. The van der Waals surface area contributed by atoms with E-state index in [-0.39, 0.29) is 24.7 Å². The fraction of sp³-hybridized carbons (Fsp3) is 0.444. The van der Waals surface area contributed by atoms with Gasteiger partial charge in [-0.05, 0) is 12.0 Å². The molecule has 0 spiro atoms. The van der Waals surface area contributed by atoms with Crippen molar-refractivity contribution < 1.29 is 47.7 Å². The number of aliphatic carboxylic acids is 2. The number of hydrogen-bond acceptors (Lipinski definition) is 7. The van der Waals surface area contributed by atoms with Gasteiger partial charge in [0.05, 0.1) is 18.8 Å². The zero-order valence-electron chi connectivity index (χ0n) is 16.8. The first-order valence-corrected chi connectivity index (χ1v) is 9.56. The van der Waals surface area contributed by atoms with Crippen LogP contribution < -0.4 is 16.0 Å². The van der Waals surface area contributed by atoms with Gasteiger partial charge >= 0.3 is 18.1 Å². The van der Waals surface area contributed by atoms with E-state index in [1.165, 1.54) is 6.92 Å². The van der Waals surface area contributed by atoms with Crippen LogP contribution in [0, 0.1) is 0 Å². The standard InChI is InChI=1S/C16H23N3O5S.C2HF3O2/c1-10(20)17-9-18-13(8-25)15(22)19-12(14(21)16(23)24)7-11-5-3-2-4-6-11;3-2(4,5)1(6)7/h2-6,12-14,18,21,25H,7-9H2,1H3,(H,17,20)(H,19,22)(H,23,24);(H,6,7)/t12-,13+,14+;/m1./s1. The Balaban J connectivity index is 0.00000118. The molecule has 0 saturated carbocycles. The lowest BCUT2D eigenvalue weighted by Crippen LogP contribution is -2.55. The van der Waals surface area contributed by atoms with Gasteiger partial charge < -0.3 is 26.0 Å². The highest BCUT2D eigenvalue weighted by atomic mass is 32.1. The number of carboxylic acids is 2. The molecule has 1 aromatic rings. The number of halogens is 3. The number of nitrogens with one attached hydrogen (secondary N) is 3. The molecule has 10 nitrogen and oxygen atoms in total. The van der Waals surface area contributed by atoms with Crippen LogP contribution in [-0.2, 0) is 25.6 Å². The molecule has 0 heterocycles. The third-order valence-corrected chi connectivity index (χ3v) is 4.05. The smallest absolute Gasteiger partial charge is 0.479 e. The van der Waals surface area contributed by atoms with Crippen LogP contribution in [0.5, 0.6) is 0 Å². The number of carbonyl (C=O) groups is 4. The minimum absolute atomic E-state index is 0.0683. The summed E-state index contributed by atoms with van der Waals surface area (Å²) in [5, 5.41) is 33.9. The van der Waals surface area contributed by atoms with E-state index in [0.717, 1.165) is 5.56 Å². The Bertz CT molecular complexity index is 766. The topological polar surface area (TPSA) is 165 Å². The predicted molar refractivity (Wildman–Crippen MR) is 109 cm³/mol. The molecule has 0 radical (unpaired) electrons. The van der Waals surface area contributed by atoms with Gasteiger partial charge in [0.15, 0.2) is 6.10 Å². The molecule has 0 unspecified atom stereocenters. The zero-order chi connectivity index (χ0) is 24.9. The van der Waals surface area contributed by atoms with E-state index in [4.69, 9.17) is 15.0 Å². The molecule has 0 saturated heterocycles. The third-order valence-electron chi connectivity index (χ3n) is 3.69. The molecule has 0 aliphatic carbocycles. The summed E-state index contributed by atoms with van der Waals surface area (Å²) in [6.45, 7) is 1.41. The van der Waals surface area contributed by atoms with Crippen LogP contribution in [0.15, 0.2) is 30.3 Å². The van der Waals surface area contributed by atoms with Gasteiger partial charge in [0, 0.05) is 12.7 Å². The SMILES string of the molecule is CC(=O)NCN[C@@H](CS)C(=O)N[C@H](Cc1ccccc1)[C@H](O)C(=O)O.O=C(O)C(F)(F)F. The second kappa shape index (κ2) is 14.3. The molecule has 180 valence electrons. The van der Waals surface area contributed by atoms with Gasteiger partial charge in [0.25, 0.3) is 0 Å². The first kappa shape index (κ1) is 29.2. The van der Waals surface area contributed by atoms with Gasteiger partial charge in [-0.3, -0.25) is 14.9 Å². The quantitative estimate of drug-likeness (QED) is 0.177. The van der Waals surface area contributed by atoms with Crippen molar-refractivity contribution in [1.29, 1.82) is 0 Å². The van der Waals surface area contributed by atoms with Crippen LogP contribution in [0.25, 0.3) is 0 Å². The van der Waals surface area contributed by atoms with Gasteiger partial charge in [0.1, 0.15) is 0 Å². The summed E-state index contributed by atoms with van der Waals surface area (Å²) in [5.74, 6) is -4.81. The first-order valence-electron chi connectivity index (χ1n) is 8.93. The van der Waals surface area contributed by atoms with Gasteiger partial charge in [-0.2, -0.15) is 25.8 Å². The molecule has 6 N–H and O–H groups in total. The average molecular weight is 483 g/mol. The number of benzene rings is 1. The molecule has 1 rings (SSSR count). The zero-order valence-corrected chi connectivity index (χ0v) is 17.7. The van der Waals surface area contributed by atoms with Crippen molar-refractivity contribution in [2.24, 2.45) is 0 Å². The maximum Gasteiger partial charge on any atom is 0.490 e. The van der Waals surface area contributed by atoms with Crippen LogP contribution in [0.1, 0.15) is 12.5 Å². The maximum absolute atomic E-state index is 12.3. The Hall–Kier alpha value is -2.84. The molecular weight excluding hydrogens is 459 g/mol. The summed E-state index contributed by atoms with van der Waals surface area (Å²) in [6.07, 6.45) is -6.68.